The summed E-state index contributed by atoms with van der Waals surface area (Å²) in [4.78, 5) is 23.9. The van der Waals surface area contributed by atoms with Gasteiger partial charge in [-0.15, -0.1) is 11.3 Å². The lowest BCUT2D eigenvalue weighted by Crippen LogP contribution is -2.14. The Kier molecular flexibility index (Phi) is 6.06. The molecule has 3 aromatic rings. The first-order valence-corrected chi connectivity index (χ1v) is 9.45. The lowest BCUT2D eigenvalue weighted by atomic mass is 10.0. The molecule has 144 valence electrons. The van der Waals surface area contributed by atoms with Crippen molar-refractivity contribution < 1.29 is 23.5 Å². The van der Waals surface area contributed by atoms with E-state index < -0.39 is 23.5 Å². The molecule has 2 N–H and O–H groups in total. The highest BCUT2D eigenvalue weighted by Crippen LogP contribution is 2.36. The largest absolute Gasteiger partial charge is 0.478 e. The maximum absolute atomic E-state index is 13.7. The fourth-order valence-corrected chi connectivity index (χ4v) is 3.77. The van der Waals surface area contributed by atoms with Crippen LogP contribution in [0.2, 0.25) is 5.02 Å². The highest BCUT2D eigenvalue weighted by molar-refractivity contribution is 7.15. The van der Waals surface area contributed by atoms with Gasteiger partial charge in [0.1, 0.15) is 22.2 Å². The molecule has 0 aliphatic carbocycles. The Labute approximate surface area is 168 Å². The van der Waals surface area contributed by atoms with Crippen molar-refractivity contribution in [3.8, 4) is 11.1 Å². The molecule has 2 aromatic carbocycles. The molecule has 0 aliphatic rings. The maximum atomic E-state index is 13.7. The average molecular weight is 422 g/mol. The minimum Gasteiger partial charge on any atom is -0.478 e. The van der Waals surface area contributed by atoms with E-state index in [4.69, 9.17) is 11.6 Å². The second kappa shape index (κ2) is 8.50. The molecule has 1 amide bonds. The monoisotopic (exact) mass is 421 g/mol. The number of aromatic carboxylic acids is 1. The van der Waals surface area contributed by atoms with E-state index in [2.05, 4.69) is 5.32 Å². The highest BCUT2D eigenvalue weighted by atomic mass is 35.5. The Morgan fingerprint density at radius 2 is 1.82 bits per heavy atom. The number of thiophene rings is 1. The van der Waals surface area contributed by atoms with Gasteiger partial charge in [-0.1, -0.05) is 29.8 Å². The van der Waals surface area contributed by atoms with Crippen LogP contribution in [0.5, 0.6) is 0 Å². The van der Waals surface area contributed by atoms with Gasteiger partial charge in [-0.3, -0.25) is 4.79 Å². The van der Waals surface area contributed by atoms with Crippen LogP contribution in [0, 0.1) is 11.6 Å². The number of halogens is 3. The van der Waals surface area contributed by atoms with Crippen LogP contribution in [0.25, 0.3) is 11.1 Å². The van der Waals surface area contributed by atoms with Crippen molar-refractivity contribution in [2.75, 3.05) is 5.32 Å². The number of carbonyl (C=O) groups is 2. The molecule has 3 rings (SSSR count). The number of anilines is 1. The number of carboxylic acid groups (broad SMARTS) is 1. The van der Waals surface area contributed by atoms with Crippen LogP contribution in [-0.4, -0.2) is 17.0 Å². The summed E-state index contributed by atoms with van der Waals surface area (Å²) in [5.74, 6) is -3.05. The van der Waals surface area contributed by atoms with E-state index in [0.29, 0.717) is 16.1 Å². The zero-order valence-electron chi connectivity index (χ0n) is 14.3. The molecule has 0 radical (unpaired) electrons. The molecule has 1 heterocycles. The van der Waals surface area contributed by atoms with Crippen LogP contribution in [0.3, 0.4) is 0 Å². The smallest absolute Gasteiger partial charge is 0.339 e. The number of benzene rings is 2. The topological polar surface area (TPSA) is 66.4 Å². The van der Waals surface area contributed by atoms with E-state index in [1.54, 1.807) is 29.6 Å². The summed E-state index contributed by atoms with van der Waals surface area (Å²) in [5, 5.41) is 14.5. The van der Waals surface area contributed by atoms with Crippen LogP contribution < -0.4 is 5.32 Å². The molecule has 0 aliphatic heterocycles. The van der Waals surface area contributed by atoms with Crippen molar-refractivity contribution in [3.63, 3.8) is 0 Å². The van der Waals surface area contributed by atoms with Crippen LogP contribution in [0.1, 0.15) is 22.3 Å². The lowest BCUT2D eigenvalue weighted by molar-refractivity contribution is -0.116. The van der Waals surface area contributed by atoms with Gasteiger partial charge in [0.25, 0.3) is 0 Å². The Hall–Kier alpha value is -2.77. The molecular formula is C20H14ClF2NO3S. The van der Waals surface area contributed by atoms with Crippen LogP contribution in [-0.2, 0) is 11.2 Å². The van der Waals surface area contributed by atoms with Crippen molar-refractivity contribution in [2.24, 2.45) is 0 Å². The Balaban J connectivity index is 1.75. The van der Waals surface area contributed by atoms with E-state index in [1.165, 1.54) is 6.07 Å². The van der Waals surface area contributed by atoms with Crippen molar-refractivity contribution in [1.82, 2.24) is 0 Å². The lowest BCUT2D eigenvalue weighted by Gasteiger charge is -2.07. The van der Waals surface area contributed by atoms with Crippen molar-refractivity contribution >= 4 is 39.8 Å². The van der Waals surface area contributed by atoms with E-state index in [-0.39, 0.29) is 29.0 Å². The minimum atomic E-state index is -1.17. The van der Waals surface area contributed by atoms with Crippen molar-refractivity contribution in [1.29, 1.82) is 0 Å². The third-order valence-corrected chi connectivity index (χ3v) is 5.20. The number of amides is 1. The predicted octanol–water partition coefficient (Wildman–Crippen LogP) is 5.62. The van der Waals surface area contributed by atoms with Crippen LogP contribution >= 0.6 is 22.9 Å². The van der Waals surface area contributed by atoms with Gasteiger partial charge in [0, 0.05) is 28.5 Å². The molecule has 0 spiro atoms. The average Bonchev–Trinajstić information content (AvgIpc) is 3.05. The van der Waals surface area contributed by atoms with Crippen molar-refractivity contribution in [2.45, 2.75) is 12.8 Å². The molecule has 0 atom stereocenters. The SMILES string of the molecule is O=C(CCc1ccc(F)cc1F)Nc1scc(-c2ccc(Cl)cc2)c1C(=O)O. The summed E-state index contributed by atoms with van der Waals surface area (Å²) < 4.78 is 26.6. The zero-order chi connectivity index (χ0) is 20.3. The van der Waals surface area contributed by atoms with Crippen molar-refractivity contribution in [3.05, 3.63) is 75.6 Å². The first-order valence-electron chi connectivity index (χ1n) is 8.19. The quantitative estimate of drug-likeness (QED) is 0.543. The fraction of sp³-hybridized carbons (Fsp3) is 0.100. The molecule has 0 fully saturated rings. The first kappa shape index (κ1) is 20.0. The van der Waals surface area contributed by atoms with Gasteiger partial charge in [0.15, 0.2) is 0 Å². The Morgan fingerprint density at radius 3 is 2.46 bits per heavy atom. The second-order valence-corrected chi connectivity index (χ2v) is 7.27. The van der Waals surface area contributed by atoms with E-state index in [1.807, 2.05) is 0 Å². The summed E-state index contributed by atoms with van der Waals surface area (Å²) >= 11 is 6.95. The predicted molar refractivity (Wildman–Crippen MR) is 105 cm³/mol. The van der Waals surface area contributed by atoms with E-state index >= 15 is 0 Å². The van der Waals surface area contributed by atoms with Gasteiger partial charge in [-0.25, -0.2) is 13.6 Å². The van der Waals surface area contributed by atoms with E-state index in [0.717, 1.165) is 23.5 Å². The molecule has 0 bridgehead atoms. The Morgan fingerprint density at radius 1 is 1.11 bits per heavy atom. The van der Waals surface area contributed by atoms with Gasteiger partial charge in [-0.05, 0) is 35.7 Å². The van der Waals surface area contributed by atoms with Gasteiger partial charge < -0.3 is 10.4 Å². The highest BCUT2D eigenvalue weighted by Gasteiger charge is 2.21. The molecule has 0 saturated heterocycles. The van der Waals surface area contributed by atoms with Gasteiger partial charge in [0.05, 0.1) is 0 Å². The number of hydrogen-bond acceptors (Lipinski definition) is 3. The molecule has 0 unspecified atom stereocenters. The summed E-state index contributed by atoms with van der Waals surface area (Å²) in [7, 11) is 0. The fourth-order valence-electron chi connectivity index (χ4n) is 2.67. The molecule has 0 saturated carbocycles. The third kappa shape index (κ3) is 4.55. The summed E-state index contributed by atoms with van der Waals surface area (Å²) in [6.45, 7) is 0. The third-order valence-electron chi connectivity index (χ3n) is 4.05. The van der Waals surface area contributed by atoms with E-state index in [9.17, 15) is 23.5 Å². The number of rotatable bonds is 6. The molecule has 4 nitrogen and oxygen atoms in total. The van der Waals surface area contributed by atoms with Crippen LogP contribution in [0.15, 0.2) is 47.8 Å². The molecular weight excluding hydrogens is 408 g/mol. The molecule has 28 heavy (non-hydrogen) atoms. The Bertz CT molecular complexity index is 1030. The molecule has 1 aromatic heterocycles. The number of nitrogens with one attached hydrogen (secondary N) is 1. The maximum Gasteiger partial charge on any atom is 0.339 e. The minimum absolute atomic E-state index is 0.0198. The normalized spacial score (nSPS) is 10.7. The standard InChI is InChI=1S/C20H14ClF2NO3S/c21-13-5-1-11(2-6-13)15-10-28-19(18(15)20(26)27)24-17(25)8-4-12-3-7-14(22)9-16(12)23/h1-3,5-7,9-10H,4,8H2,(H,24,25)(H,26,27). The summed E-state index contributed by atoms with van der Waals surface area (Å²) in [5.41, 5.74) is 1.32. The van der Waals surface area contributed by atoms with Gasteiger partial charge >= 0.3 is 5.97 Å². The summed E-state index contributed by atoms with van der Waals surface area (Å²) in [6, 6.07) is 9.85. The first-order chi connectivity index (χ1) is 13.3. The number of hydrogen-bond donors (Lipinski definition) is 2. The number of carbonyl (C=O) groups excluding carboxylic acids is 1. The second-order valence-electron chi connectivity index (χ2n) is 5.95. The van der Waals surface area contributed by atoms with Crippen LogP contribution in [0.4, 0.5) is 13.8 Å². The molecule has 8 heteroatoms. The number of carboxylic acids is 1. The van der Waals surface area contributed by atoms with Gasteiger partial charge in [0.2, 0.25) is 5.91 Å². The summed E-state index contributed by atoms with van der Waals surface area (Å²) in [6.07, 6.45) is -0.00838. The van der Waals surface area contributed by atoms with Gasteiger partial charge in [-0.2, -0.15) is 0 Å². The number of aryl methyl sites for hydroxylation is 1. The zero-order valence-corrected chi connectivity index (χ0v) is 15.9.